The number of carbonyl (C=O) groups is 2. The molecule has 0 heterocycles. The number of halogens is 1. The lowest BCUT2D eigenvalue weighted by molar-refractivity contribution is 0.102. The molecular formula is C17H17FN2O2S. The normalized spacial score (nSPS) is 10.3. The van der Waals surface area contributed by atoms with E-state index in [4.69, 9.17) is 0 Å². The minimum absolute atomic E-state index is 0.103. The molecule has 2 aromatic rings. The van der Waals surface area contributed by atoms with Gasteiger partial charge < -0.3 is 10.2 Å². The zero-order valence-corrected chi connectivity index (χ0v) is 13.9. The van der Waals surface area contributed by atoms with Gasteiger partial charge in [-0.3, -0.25) is 9.59 Å². The van der Waals surface area contributed by atoms with Crippen LogP contribution >= 0.6 is 11.8 Å². The second-order valence-corrected chi connectivity index (χ2v) is 6.23. The van der Waals surface area contributed by atoms with Crippen LogP contribution in [0.15, 0.2) is 47.4 Å². The van der Waals surface area contributed by atoms with Crippen LogP contribution in [0, 0.1) is 12.7 Å². The molecule has 23 heavy (non-hydrogen) atoms. The van der Waals surface area contributed by atoms with E-state index in [0.29, 0.717) is 11.3 Å². The van der Waals surface area contributed by atoms with Crippen molar-refractivity contribution in [1.29, 1.82) is 0 Å². The number of aryl methyl sites for hydroxylation is 1. The molecule has 4 nitrogen and oxygen atoms in total. The van der Waals surface area contributed by atoms with Crippen molar-refractivity contribution in [3.63, 3.8) is 0 Å². The zero-order valence-electron chi connectivity index (χ0n) is 13.1. The second kappa shape index (κ2) is 7.28. The van der Waals surface area contributed by atoms with Gasteiger partial charge in [0, 0.05) is 30.2 Å². The minimum Gasteiger partial charge on any atom is -0.339 e. The Morgan fingerprint density at radius 3 is 2.52 bits per heavy atom. The molecule has 6 heteroatoms. The summed E-state index contributed by atoms with van der Waals surface area (Å²) in [5, 5.41) is 2.60. The first kappa shape index (κ1) is 17.0. The highest BCUT2D eigenvalue weighted by atomic mass is 32.2. The molecule has 0 aliphatic carbocycles. The molecule has 0 radical (unpaired) electrons. The van der Waals surface area contributed by atoms with Gasteiger partial charge in [0.25, 0.3) is 11.1 Å². The Bertz CT molecular complexity index is 747. The highest BCUT2D eigenvalue weighted by Gasteiger charge is 2.10. The summed E-state index contributed by atoms with van der Waals surface area (Å²) in [5.41, 5.74) is 1.28. The van der Waals surface area contributed by atoms with Gasteiger partial charge in [0.15, 0.2) is 0 Å². The Kier molecular flexibility index (Phi) is 5.39. The van der Waals surface area contributed by atoms with E-state index in [0.717, 1.165) is 16.7 Å². The first-order valence-electron chi connectivity index (χ1n) is 6.93. The van der Waals surface area contributed by atoms with Gasteiger partial charge in [-0.25, -0.2) is 4.39 Å². The Labute approximate surface area is 138 Å². The smallest absolute Gasteiger partial charge is 0.285 e. The molecule has 0 unspecified atom stereocenters. The largest absolute Gasteiger partial charge is 0.339 e. The first-order valence-corrected chi connectivity index (χ1v) is 7.75. The van der Waals surface area contributed by atoms with E-state index >= 15 is 0 Å². The summed E-state index contributed by atoms with van der Waals surface area (Å²) in [7, 11) is 3.35. The number of hydrogen-bond acceptors (Lipinski definition) is 3. The molecule has 120 valence electrons. The maximum absolute atomic E-state index is 13.5. The fraction of sp³-hybridized carbons (Fsp3) is 0.176. The van der Waals surface area contributed by atoms with Crippen molar-refractivity contribution >= 4 is 28.6 Å². The number of amides is 2. The fourth-order valence-electron chi connectivity index (χ4n) is 1.77. The lowest BCUT2D eigenvalue weighted by Crippen LogP contribution is -2.16. The van der Waals surface area contributed by atoms with Crippen molar-refractivity contribution < 1.29 is 14.0 Å². The molecule has 2 rings (SSSR count). The number of anilines is 1. The van der Waals surface area contributed by atoms with Crippen molar-refractivity contribution in [3.05, 3.63) is 59.4 Å². The highest BCUT2D eigenvalue weighted by molar-refractivity contribution is 8.13. The van der Waals surface area contributed by atoms with Crippen LogP contribution in [-0.4, -0.2) is 30.1 Å². The van der Waals surface area contributed by atoms with Crippen molar-refractivity contribution in [2.75, 3.05) is 19.4 Å². The predicted octanol–water partition coefficient (Wildman–Crippen LogP) is 4.16. The summed E-state index contributed by atoms with van der Waals surface area (Å²) >= 11 is 1.07. The van der Waals surface area contributed by atoms with E-state index < -0.39 is 11.7 Å². The van der Waals surface area contributed by atoms with Gasteiger partial charge in [-0.15, -0.1) is 0 Å². The lowest BCUT2D eigenvalue weighted by Gasteiger charge is -2.10. The van der Waals surface area contributed by atoms with Crippen molar-refractivity contribution in [2.24, 2.45) is 0 Å². The number of nitrogens with one attached hydrogen (secondary N) is 1. The van der Waals surface area contributed by atoms with Crippen LogP contribution in [0.25, 0.3) is 0 Å². The Morgan fingerprint density at radius 2 is 1.87 bits per heavy atom. The zero-order chi connectivity index (χ0) is 17.0. The number of rotatable bonds is 3. The third-order valence-corrected chi connectivity index (χ3v) is 4.13. The molecule has 0 bridgehead atoms. The standard InChI is InChI=1S/C17H17FN2O2S/c1-11-7-8-12(9-15(11)18)16(21)19-13-5-4-6-14(10-13)23-17(22)20(2)3/h4-10H,1-3H3,(H,19,21). The maximum Gasteiger partial charge on any atom is 0.285 e. The van der Waals surface area contributed by atoms with Crippen molar-refractivity contribution in [3.8, 4) is 0 Å². The second-order valence-electron chi connectivity index (χ2n) is 5.21. The summed E-state index contributed by atoms with van der Waals surface area (Å²) < 4.78 is 13.5. The van der Waals surface area contributed by atoms with Gasteiger partial charge in [-0.1, -0.05) is 12.1 Å². The van der Waals surface area contributed by atoms with Gasteiger partial charge in [-0.2, -0.15) is 0 Å². The maximum atomic E-state index is 13.5. The SMILES string of the molecule is Cc1ccc(C(=O)Nc2cccc(SC(=O)N(C)C)c2)cc1F. The van der Waals surface area contributed by atoms with E-state index in [2.05, 4.69) is 5.32 Å². The van der Waals surface area contributed by atoms with Gasteiger partial charge in [0.1, 0.15) is 5.82 Å². The highest BCUT2D eigenvalue weighted by Crippen LogP contribution is 2.24. The molecule has 0 saturated heterocycles. The Hall–Kier alpha value is -2.34. The van der Waals surface area contributed by atoms with Crippen LogP contribution in [-0.2, 0) is 0 Å². The summed E-state index contributed by atoms with van der Waals surface area (Å²) in [4.78, 5) is 26.1. The number of thioether (sulfide) groups is 1. The van der Waals surface area contributed by atoms with Gasteiger partial charge >= 0.3 is 0 Å². The molecule has 0 aliphatic heterocycles. The first-order chi connectivity index (χ1) is 10.9. The van der Waals surface area contributed by atoms with Crippen molar-refractivity contribution in [1.82, 2.24) is 4.90 Å². The average molecular weight is 332 g/mol. The molecular weight excluding hydrogens is 315 g/mol. The van der Waals surface area contributed by atoms with Crippen LogP contribution < -0.4 is 5.32 Å². The van der Waals surface area contributed by atoms with Crippen LogP contribution in [0.1, 0.15) is 15.9 Å². The average Bonchev–Trinajstić information content (AvgIpc) is 2.50. The Morgan fingerprint density at radius 1 is 1.13 bits per heavy atom. The van der Waals surface area contributed by atoms with Gasteiger partial charge in [-0.05, 0) is 54.6 Å². The topological polar surface area (TPSA) is 49.4 Å². The van der Waals surface area contributed by atoms with E-state index in [1.54, 1.807) is 57.4 Å². The third-order valence-electron chi connectivity index (χ3n) is 3.10. The Balaban J connectivity index is 2.12. The quantitative estimate of drug-likeness (QED) is 0.859. The van der Waals surface area contributed by atoms with Crippen LogP contribution in [0.3, 0.4) is 0 Å². The molecule has 2 aromatic carbocycles. The number of hydrogen-bond donors (Lipinski definition) is 1. The molecule has 0 aliphatic rings. The molecule has 0 atom stereocenters. The van der Waals surface area contributed by atoms with E-state index in [1.165, 1.54) is 11.0 Å². The van der Waals surface area contributed by atoms with Crippen LogP contribution in [0.2, 0.25) is 0 Å². The molecule has 0 spiro atoms. The minimum atomic E-state index is -0.418. The van der Waals surface area contributed by atoms with E-state index in [1.807, 2.05) is 0 Å². The third kappa shape index (κ3) is 4.56. The van der Waals surface area contributed by atoms with Crippen LogP contribution in [0.4, 0.5) is 14.9 Å². The predicted molar refractivity (Wildman–Crippen MR) is 90.5 cm³/mol. The molecule has 0 saturated carbocycles. The van der Waals surface area contributed by atoms with Crippen molar-refractivity contribution in [2.45, 2.75) is 11.8 Å². The monoisotopic (exact) mass is 332 g/mol. The fourth-order valence-corrected chi connectivity index (χ4v) is 2.48. The number of nitrogens with zero attached hydrogens (tertiary/aromatic N) is 1. The summed E-state index contributed by atoms with van der Waals surface area (Å²) in [5.74, 6) is -0.816. The molecule has 2 amide bonds. The van der Waals surface area contributed by atoms with E-state index in [9.17, 15) is 14.0 Å². The van der Waals surface area contributed by atoms with Gasteiger partial charge in [0.05, 0.1) is 0 Å². The lowest BCUT2D eigenvalue weighted by atomic mass is 10.1. The van der Waals surface area contributed by atoms with Crippen LogP contribution in [0.5, 0.6) is 0 Å². The number of benzene rings is 2. The molecule has 0 fully saturated rings. The molecule has 1 N–H and O–H groups in total. The summed E-state index contributed by atoms with van der Waals surface area (Å²) in [6, 6.07) is 11.3. The van der Waals surface area contributed by atoms with E-state index in [-0.39, 0.29) is 10.8 Å². The summed E-state index contributed by atoms with van der Waals surface area (Å²) in [6.45, 7) is 1.64. The molecule has 0 aromatic heterocycles. The summed E-state index contributed by atoms with van der Waals surface area (Å²) in [6.07, 6.45) is 0. The number of carbonyl (C=O) groups excluding carboxylic acids is 2. The van der Waals surface area contributed by atoms with Gasteiger partial charge in [0.2, 0.25) is 0 Å².